The van der Waals surface area contributed by atoms with Gasteiger partial charge >= 0.3 is 5.97 Å². The first-order valence-electron chi connectivity index (χ1n) is 7.98. The maximum absolute atomic E-state index is 11.9. The summed E-state index contributed by atoms with van der Waals surface area (Å²) in [6.07, 6.45) is 2.67. The number of benzene rings is 2. The Hall–Kier alpha value is -2.85. The minimum atomic E-state index is -3.42. The fourth-order valence-corrected chi connectivity index (χ4v) is 3.25. The standard InChI is InChI=1S/C19H19NO5S/c1-3-4-14-6-7-15(26(2,23)24)10-16(14)17-9-13(11-20)5-8-18(17)25-12-19(21)22/h5-10H,3-4,12H2,1-2H3,(H,21,22). The van der Waals surface area contributed by atoms with Crippen LogP contribution in [0.4, 0.5) is 0 Å². The van der Waals surface area contributed by atoms with E-state index >= 15 is 0 Å². The highest BCUT2D eigenvalue weighted by atomic mass is 32.2. The summed E-state index contributed by atoms with van der Waals surface area (Å²) in [5, 5.41) is 18.1. The van der Waals surface area contributed by atoms with Gasteiger partial charge in [-0.3, -0.25) is 0 Å². The molecule has 0 spiro atoms. The first-order chi connectivity index (χ1) is 12.3. The van der Waals surface area contributed by atoms with Crippen molar-refractivity contribution in [3.8, 4) is 22.9 Å². The number of nitriles is 1. The van der Waals surface area contributed by atoms with Crippen LogP contribution >= 0.6 is 0 Å². The number of aliphatic carboxylic acids is 1. The maximum Gasteiger partial charge on any atom is 0.341 e. The first kappa shape index (κ1) is 19.5. The third-order valence-electron chi connectivity index (χ3n) is 3.78. The van der Waals surface area contributed by atoms with Gasteiger partial charge in [0.1, 0.15) is 5.75 Å². The Labute approximate surface area is 152 Å². The minimum absolute atomic E-state index is 0.152. The van der Waals surface area contributed by atoms with Crippen molar-refractivity contribution in [3.05, 3.63) is 47.5 Å². The molecule has 0 aliphatic carbocycles. The molecule has 0 unspecified atom stereocenters. The second-order valence-electron chi connectivity index (χ2n) is 5.85. The predicted molar refractivity (Wildman–Crippen MR) is 96.8 cm³/mol. The molecule has 136 valence electrons. The van der Waals surface area contributed by atoms with E-state index in [1.807, 2.05) is 13.0 Å². The summed E-state index contributed by atoms with van der Waals surface area (Å²) in [7, 11) is -3.42. The molecule has 0 fully saturated rings. The van der Waals surface area contributed by atoms with Gasteiger partial charge in [0.05, 0.1) is 16.5 Å². The Morgan fingerprint density at radius 2 is 1.92 bits per heavy atom. The smallest absolute Gasteiger partial charge is 0.341 e. The highest BCUT2D eigenvalue weighted by Gasteiger charge is 2.16. The number of hydrogen-bond donors (Lipinski definition) is 1. The van der Waals surface area contributed by atoms with Crippen molar-refractivity contribution in [2.24, 2.45) is 0 Å². The Bertz CT molecular complexity index is 974. The van der Waals surface area contributed by atoms with Crippen LogP contribution in [0.25, 0.3) is 11.1 Å². The lowest BCUT2D eigenvalue weighted by Gasteiger charge is -2.15. The molecule has 2 aromatic carbocycles. The van der Waals surface area contributed by atoms with E-state index in [9.17, 15) is 18.5 Å². The fourth-order valence-electron chi connectivity index (χ4n) is 2.60. The quantitative estimate of drug-likeness (QED) is 0.800. The summed E-state index contributed by atoms with van der Waals surface area (Å²) < 4.78 is 29.2. The van der Waals surface area contributed by atoms with Gasteiger partial charge in [0.2, 0.25) is 0 Å². The van der Waals surface area contributed by atoms with Crippen LogP contribution in [0.2, 0.25) is 0 Å². The average molecular weight is 373 g/mol. The number of sulfone groups is 1. The zero-order chi connectivity index (χ0) is 19.3. The minimum Gasteiger partial charge on any atom is -0.481 e. The SMILES string of the molecule is CCCc1ccc(S(C)(=O)=O)cc1-c1cc(C#N)ccc1OCC(=O)O. The highest BCUT2D eigenvalue weighted by molar-refractivity contribution is 7.90. The molecule has 0 aliphatic heterocycles. The molecule has 0 bridgehead atoms. The van der Waals surface area contributed by atoms with Gasteiger partial charge in [0.25, 0.3) is 0 Å². The number of rotatable bonds is 7. The normalized spacial score (nSPS) is 11.0. The Morgan fingerprint density at radius 3 is 2.50 bits per heavy atom. The van der Waals surface area contributed by atoms with Crippen LogP contribution in [0, 0.1) is 11.3 Å². The van der Waals surface area contributed by atoms with Gasteiger partial charge < -0.3 is 9.84 Å². The lowest BCUT2D eigenvalue weighted by molar-refractivity contribution is -0.139. The van der Waals surface area contributed by atoms with Crippen molar-refractivity contribution in [1.82, 2.24) is 0 Å². The van der Waals surface area contributed by atoms with Crippen molar-refractivity contribution in [3.63, 3.8) is 0 Å². The van der Waals surface area contributed by atoms with Crippen LogP contribution in [-0.2, 0) is 21.1 Å². The van der Waals surface area contributed by atoms with Crippen LogP contribution in [0.15, 0.2) is 41.3 Å². The van der Waals surface area contributed by atoms with Crippen LogP contribution in [-0.4, -0.2) is 32.4 Å². The zero-order valence-electron chi connectivity index (χ0n) is 14.5. The van der Waals surface area contributed by atoms with E-state index in [0.717, 1.165) is 18.2 Å². The van der Waals surface area contributed by atoms with E-state index < -0.39 is 22.4 Å². The summed E-state index contributed by atoms with van der Waals surface area (Å²) >= 11 is 0. The molecule has 0 aliphatic rings. The Kier molecular flexibility index (Phi) is 6.01. The van der Waals surface area contributed by atoms with Crippen LogP contribution in [0.3, 0.4) is 0 Å². The molecule has 0 saturated heterocycles. The molecule has 7 heteroatoms. The van der Waals surface area contributed by atoms with Crippen molar-refractivity contribution in [1.29, 1.82) is 5.26 Å². The van der Waals surface area contributed by atoms with Crippen LogP contribution in [0.5, 0.6) is 5.75 Å². The van der Waals surface area contributed by atoms with Gasteiger partial charge in [0, 0.05) is 11.8 Å². The van der Waals surface area contributed by atoms with Crippen molar-refractivity contribution in [2.45, 2.75) is 24.7 Å². The van der Waals surface area contributed by atoms with Crippen LogP contribution in [0.1, 0.15) is 24.5 Å². The summed E-state index contributed by atoms with van der Waals surface area (Å²) in [5.74, 6) is -0.839. The molecule has 0 heterocycles. The monoisotopic (exact) mass is 373 g/mol. The van der Waals surface area contributed by atoms with Crippen LogP contribution < -0.4 is 4.74 Å². The Morgan fingerprint density at radius 1 is 1.19 bits per heavy atom. The topological polar surface area (TPSA) is 104 Å². The molecule has 2 aromatic rings. The number of carboxylic acid groups (broad SMARTS) is 1. The fraction of sp³-hybridized carbons (Fsp3) is 0.263. The van der Waals surface area contributed by atoms with Crippen molar-refractivity contribution in [2.75, 3.05) is 12.9 Å². The van der Waals surface area contributed by atoms with E-state index in [-0.39, 0.29) is 10.6 Å². The summed E-state index contributed by atoms with van der Waals surface area (Å²) in [6.45, 7) is 1.47. The summed E-state index contributed by atoms with van der Waals surface area (Å²) in [5.41, 5.74) is 2.39. The van der Waals surface area contributed by atoms with Gasteiger partial charge in [-0.15, -0.1) is 0 Å². The predicted octanol–water partition coefficient (Wildman–Crippen LogP) is 3.04. The summed E-state index contributed by atoms with van der Waals surface area (Å²) in [4.78, 5) is 11.0. The lowest BCUT2D eigenvalue weighted by Crippen LogP contribution is -2.10. The van der Waals surface area contributed by atoms with Gasteiger partial charge in [-0.25, -0.2) is 13.2 Å². The maximum atomic E-state index is 11.9. The molecule has 2 rings (SSSR count). The lowest BCUT2D eigenvalue weighted by atomic mass is 9.95. The second kappa shape index (κ2) is 8.02. The van der Waals surface area contributed by atoms with Gasteiger partial charge in [0.15, 0.2) is 16.4 Å². The van der Waals surface area contributed by atoms with Crippen molar-refractivity contribution < 1.29 is 23.1 Å². The number of carbonyl (C=O) groups is 1. The van der Waals surface area contributed by atoms with E-state index in [1.165, 1.54) is 12.1 Å². The van der Waals surface area contributed by atoms with Crippen molar-refractivity contribution >= 4 is 15.8 Å². The number of aryl methyl sites for hydroxylation is 1. The molecule has 0 radical (unpaired) electrons. The van der Waals surface area contributed by atoms with Gasteiger partial charge in [-0.1, -0.05) is 19.4 Å². The largest absolute Gasteiger partial charge is 0.481 e. The van der Waals surface area contributed by atoms with E-state index in [2.05, 4.69) is 0 Å². The molecule has 1 N–H and O–H groups in total. The first-order valence-corrected chi connectivity index (χ1v) is 9.87. The molecule has 6 nitrogen and oxygen atoms in total. The third-order valence-corrected chi connectivity index (χ3v) is 4.89. The molecule has 26 heavy (non-hydrogen) atoms. The number of ether oxygens (including phenoxy) is 1. The van der Waals surface area contributed by atoms with E-state index in [0.29, 0.717) is 23.1 Å². The van der Waals surface area contributed by atoms with Gasteiger partial charge in [-0.05, 0) is 47.9 Å². The van der Waals surface area contributed by atoms with E-state index in [4.69, 9.17) is 9.84 Å². The number of hydrogen-bond acceptors (Lipinski definition) is 5. The summed E-state index contributed by atoms with van der Waals surface area (Å²) in [6, 6.07) is 11.5. The molecule has 0 aromatic heterocycles. The average Bonchev–Trinajstić information content (AvgIpc) is 2.59. The highest BCUT2D eigenvalue weighted by Crippen LogP contribution is 2.35. The molecular weight excluding hydrogens is 354 g/mol. The Balaban J connectivity index is 2.71. The third kappa shape index (κ3) is 4.61. The van der Waals surface area contributed by atoms with Gasteiger partial charge in [-0.2, -0.15) is 5.26 Å². The number of carboxylic acids is 1. The second-order valence-corrected chi connectivity index (χ2v) is 7.86. The molecule has 0 atom stereocenters. The van der Waals surface area contributed by atoms with E-state index in [1.54, 1.807) is 24.3 Å². The molecule has 0 saturated carbocycles. The molecular formula is C19H19NO5S. The molecule has 0 amide bonds. The number of nitrogens with zero attached hydrogens (tertiary/aromatic N) is 1. The zero-order valence-corrected chi connectivity index (χ0v) is 15.3.